The van der Waals surface area contributed by atoms with E-state index in [1.165, 1.54) is 29.5 Å². The van der Waals surface area contributed by atoms with E-state index in [2.05, 4.69) is 5.32 Å². The number of amides is 1. The van der Waals surface area contributed by atoms with Crippen LogP contribution in [0.4, 0.5) is 0 Å². The number of ether oxygens (including phenoxy) is 1. The van der Waals surface area contributed by atoms with E-state index in [4.69, 9.17) is 4.74 Å². The Morgan fingerprint density at radius 3 is 2.60 bits per heavy atom. The fraction of sp³-hybridized carbons (Fsp3) is 0.364. The van der Waals surface area contributed by atoms with E-state index in [-0.39, 0.29) is 11.3 Å². The summed E-state index contributed by atoms with van der Waals surface area (Å²) in [6.45, 7) is 0. The second kappa shape index (κ2) is 9.75. The first-order chi connectivity index (χ1) is 14.5. The minimum atomic E-state index is -0.869. The summed E-state index contributed by atoms with van der Waals surface area (Å²) in [5.41, 5.74) is 0.918. The molecule has 1 aliphatic rings. The Balaban J connectivity index is 2.07. The van der Waals surface area contributed by atoms with Crippen LogP contribution in [0.1, 0.15) is 45.7 Å². The molecule has 1 aromatic carbocycles. The lowest BCUT2D eigenvalue weighted by Crippen LogP contribution is -2.44. The maximum absolute atomic E-state index is 13.3. The van der Waals surface area contributed by atoms with Gasteiger partial charge >= 0.3 is 5.97 Å². The molecule has 1 amide bonds. The summed E-state index contributed by atoms with van der Waals surface area (Å²) in [4.78, 5) is 50.9. The van der Waals surface area contributed by atoms with E-state index in [9.17, 15) is 19.2 Å². The van der Waals surface area contributed by atoms with Gasteiger partial charge in [-0.05, 0) is 49.5 Å². The zero-order chi connectivity index (χ0) is 21.7. The van der Waals surface area contributed by atoms with Crippen molar-refractivity contribution in [2.24, 2.45) is 0 Å². The topological polar surface area (TPSA) is 94.5 Å². The number of benzene rings is 1. The SMILES string of the molecule is COC(=O)[C@@H](CCSC)NC(=O)c1cc2c(n(-c3ccccc3)c1=O)CCCC2=O. The number of ketones is 1. The molecular formula is C22H24N2O5S. The molecule has 158 valence electrons. The van der Waals surface area contributed by atoms with Crippen LogP contribution < -0.4 is 10.9 Å². The zero-order valence-corrected chi connectivity index (χ0v) is 17.8. The molecular weight excluding hydrogens is 404 g/mol. The fourth-order valence-electron chi connectivity index (χ4n) is 3.57. The Kier molecular flexibility index (Phi) is 7.10. The summed E-state index contributed by atoms with van der Waals surface area (Å²) >= 11 is 1.53. The Morgan fingerprint density at radius 1 is 1.20 bits per heavy atom. The smallest absolute Gasteiger partial charge is 0.328 e. The molecule has 0 aliphatic heterocycles. The summed E-state index contributed by atoms with van der Waals surface area (Å²) in [7, 11) is 1.25. The van der Waals surface area contributed by atoms with E-state index in [0.29, 0.717) is 48.4 Å². The van der Waals surface area contributed by atoms with Crippen LogP contribution >= 0.6 is 11.8 Å². The Bertz CT molecular complexity index is 1020. The highest BCUT2D eigenvalue weighted by Gasteiger charge is 2.28. The zero-order valence-electron chi connectivity index (χ0n) is 17.0. The van der Waals surface area contributed by atoms with Gasteiger partial charge in [-0.15, -0.1) is 0 Å². The standard InChI is InChI=1S/C22H24N2O5S/c1-29-22(28)17(11-12-30-2)23-20(26)16-13-15-18(9-6-10-19(15)25)24(21(16)27)14-7-4-3-5-8-14/h3-5,7-8,13,17H,6,9-12H2,1-2H3,(H,23,26)/t17-/m1/s1. The monoisotopic (exact) mass is 428 g/mol. The van der Waals surface area contributed by atoms with Crippen molar-refractivity contribution in [3.8, 4) is 5.69 Å². The number of para-hydroxylation sites is 1. The van der Waals surface area contributed by atoms with Crippen molar-refractivity contribution in [1.82, 2.24) is 9.88 Å². The number of fused-ring (bicyclic) bond motifs is 1. The molecule has 8 heteroatoms. The van der Waals surface area contributed by atoms with E-state index in [1.54, 1.807) is 24.3 Å². The maximum atomic E-state index is 13.3. The van der Waals surface area contributed by atoms with Crippen molar-refractivity contribution in [2.45, 2.75) is 31.7 Å². The molecule has 1 N–H and O–H groups in total. The minimum absolute atomic E-state index is 0.0955. The number of carbonyl (C=O) groups excluding carboxylic acids is 3. The van der Waals surface area contributed by atoms with Crippen molar-refractivity contribution in [3.05, 3.63) is 63.6 Å². The third-order valence-electron chi connectivity index (χ3n) is 5.08. The van der Waals surface area contributed by atoms with E-state index >= 15 is 0 Å². The predicted octanol–water partition coefficient (Wildman–Crippen LogP) is 2.38. The molecule has 0 radical (unpaired) electrons. The molecule has 1 aliphatic carbocycles. The summed E-state index contributed by atoms with van der Waals surface area (Å²) in [6.07, 6.45) is 3.87. The summed E-state index contributed by atoms with van der Waals surface area (Å²) in [6, 6.07) is 9.44. The molecule has 0 spiro atoms. The minimum Gasteiger partial charge on any atom is -0.467 e. The number of aromatic nitrogens is 1. The van der Waals surface area contributed by atoms with Gasteiger partial charge in [0, 0.05) is 23.4 Å². The number of thioether (sulfide) groups is 1. The van der Waals surface area contributed by atoms with Crippen LogP contribution in [0.3, 0.4) is 0 Å². The Labute approximate surface area is 178 Å². The number of Topliss-reactive ketones (excluding diaryl/α,β-unsaturated/α-hetero) is 1. The molecule has 1 heterocycles. The average Bonchev–Trinajstić information content (AvgIpc) is 2.76. The summed E-state index contributed by atoms with van der Waals surface area (Å²) in [5, 5.41) is 2.61. The second-order valence-corrected chi connectivity index (χ2v) is 7.99. The van der Waals surface area contributed by atoms with Crippen LogP contribution in [-0.4, -0.2) is 47.4 Å². The van der Waals surface area contributed by atoms with E-state index in [1.807, 2.05) is 12.3 Å². The third kappa shape index (κ3) is 4.48. The van der Waals surface area contributed by atoms with Crippen molar-refractivity contribution in [3.63, 3.8) is 0 Å². The number of pyridine rings is 1. The van der Waals surface area contributed by atoms with Crippen molar-refractivity contribution >= 4 is 29.4 Å². The molecule has 1 aromatic heterocycles. The van der Waals surface area contributed by atoms with Gasteiger partial charge in [-0.1, -0.05) is 18.2 Å². The lowest BCUT2D eigenvalue weighted by atomic mass is 9.92. The number of rotatable bonds is 7. The lowest BCUT2D eigenvalue weighted by Gasteiger charge is -2.22. The van der Waals surface area contributed by atoms with E-state index < -0.39 is 23.5 Å². The molecule has 0 fully saturated rings. The predicted molar refractivity (Wildman–Crippen MR) is 116 cm³/mol. The number of carbonyl (C=O) groups is 3. The largest absolute Gasteiger partial charge is 0.467 e. The Morgan fingerprint density at radius 2 is 1.93 bits per heavy atom. The van der Waals surface area contributed by atoms with Gasteiger partial charge in [-0.25, -0.2) is 4.79 Å². The molecule has 0 unspecified atom stereocenters. The normalized spacial score (nSPS) is 14.0. The first-order valence-corrected chi connectivity index (χ1v) is 11.1. The third-order valence-corrected chi connectivity index (χ3v) is 5.73. The van der Waals surface area contributed by atoms with Gasteiger partial charge in [0.1, 0.15) is 11.6 Å². The quantitative estimate of drug-likeness (QED) is 0.681. The second-order valence-electron chi connectivity index (χ2n) is 7.00. The van der Waals surface area contributed by atoms with Crippen LogP contribution in [0.2, 0.25) is 0 Å². The highest BCUT2D eigenvalue weighted by Crippen LogP contribution is 2.23. The molecule has 3 rings (SSSR count). The van der Waals surface area contributed by atoms with Crippen molar-refractivity contribution in [1.29, 1.82) is 0 Å². The number of hydrogen-bond donors (Lipinski definition) is 1. The first-order valence-electron chi connectivity index (χ1n) is 9.73. The molecule has 1 atom stereocenters. The van der Waals surface area contributed by atoms with Crippen LogP contribution in [0, 0.1) is 0 Å². The highest BCUT2D eigenvalue weighted by molar-refractivity contribution is 7.98. The van der Waals surface area contributed by atoms with Crippen LogP contribution in [0.15, 0.2) is 41.2 Å². The van der Waals surface area contributed by atoms with Gasteiger partial charge in [-0.3, -0.25) is 19.0 Å². The molecule has 0 saturated carbocycles. The first kappa shape index (κ1) is 21.8. The number of hydrogen-bond acceptors (Lipinski definition) is 6. The van der Waals surface area contributed by atoms with E-state index in [0.717, 1.165) is 0 Å². The molecule has 0 bridgehead atoms. The van der Waals surface area contributed by atoms with Crippen molar-refractivity contribution in [2.75, 3.05) is 19.1 Å². The molecule has 30 heavy (non-hydrogen) atoms. The van der Waals surface area contributed by atoms with Crippen molar-refractivity contribution < 1.29 is 19.1 Å². The van der Waals surface area contributed by atoms with Crippen LogP contribution in [0.5, 0.6) is 0 Å². The lowest BCUT2D eigenvalue weighted by molar-refractivity contribution is -0.142. The van der Waals surface area contributed by atoms with Gasteiger partial charge in [0.2, 0.25) is 0 Å². The number of methoxy groups -OCH3 is 1. The van der Waals surface area contributed by atoms with Crippen LogP contribution in [-0.2, 0) is 16.0 Å². The fourth-order valence-corrected chi connectivity index (χ4v) is 4.04. The highest BCUT2D eigenvalue weighted by atomic mass is 32.2. The summed E-state index contributed by atoms with van der Waals surface area (Å²) in [5.74, 6) is -0.726. The summed E-state index contributed by atoms with van der Waals surface area (Å²) < 4.78 is 6.22. The van der Waals surface area contributed by atoms with Gasteiger partial charge < -0.3 is 10.1 Å². The van der Waals surface area contributed by atoms with Gasteiger partial charge in [0.05, 0.1) is 7.11 Å². The Hall–Kier alpha value is -2.87. The maximum Gasteiger partial charge on any atom is 0.328 e. The van der Waals surface area contributed by atoms with Gasteiger partial charge in [0.25, 0.3) is 11.5 Å². The molecule has 2 aromatic rings. The number of nitrogens with one attached hydrogen (secondary N) is 1. The average molecular weight is 429 g/mol. The number of nitrogens with zero attached hydrogens (tertiary/aromatic N) is 1. The van der Waals surface area contributed by atoms with Gasteiger partial charge in [-0.2, -0.15) is 11.8 Å². The van der Waals surface area contributed by atoms with Crippen LogP contribution in [0.25, 0.3) is 5.69 Å². The molecule has 0 saturated heterocycles. The number of esters is 1. The van der Waals surface area contributed by atoms with Gasteiger partial charge in [0.15, 0.2) is 5.78 Å². The molecule has 7 nitrogen and oxygen atoms in total.